The van der Waals surface area contributed by atoms with Crippen molar-refractivity contribution in [3.63, 3.8) is 0 Å². The molecule has 4 rings (SSSR count). The molecule has 0 aliphatic heterocycles. The van der Waals surface area contributed by atoms with Crippen molar-refractivity contribution in [2.24, 2.45) is 0 Å². The van der Waals surface area contributed by atoms with Crippen molar-refractivity contribution in [3.05, 3.63) is 48.5 Å². The summed E-state index contributed by atoms with van der Waals surface area (Å²) in [5.74, 6) is 0. The van der Waals surface area contributed by atoms with Gasteiger partial charge in [-0.3, -0.25) is 0 Å². The molecule has 0 N–H and O–H groups in total. The second-order valence-corrected chi connectivity index (χ2v) is 5.50. The largest absolute Gasteiger partial charge is 0.179 e. The first-order chi connectivity index (χ1) is 10.7. The molecule has 22 heavy (non-hydrogen) atoms. The maximum atomic E-state index is 4.55. The molecule has 2 aromatic heterocycles. The summed E-state index contributed by atoms with van der Waals surface area (Å²) in [5.41, 5.74) is 3.61. The summed E-state index contributed by atoms with van der Waals surface area (Å²) in [7, 11) is 0. The molecule has 0 spiro atoms. The van der Waals surface area contributed by atoms with Crippen molar-refractivity contribution in [2.75, 3.05) is 0 Å². The van der Waals surface area contributed by atoms with Crippen molar-refractivity contribution in [2.45, 2.75) is 25.9 Å². The van der Waals surface area contributed by atoms with E-state index in [9.17, 15) is 0 Å². The molecule has 4 aromatic rings. The highest BCUT2D eigenvalue weighted by Gasteiger charge is 2.20. The Bertz CT molecular complexity index is 794. The zero-order valence-corrected chi connectivity index (χ0v) is 12.5. The van der Waals surface area contributed by atoms with E-state index in [0.717, 1.165) is 22.1 Å². The number of fused-ring (bicyclic) bond motifs is 2. The van der Waals surface area contributed by atoms with Crippen LogP contribution in [0.2, 0.25) is 0 Å². The highest BCUT2D eigenvalue weighted by atomic mass is 15.5. The van der Waals surface area contributed by atoms with Crippen LogP contribution in [0.1, 0.15) is 25.9 Å². The third kappa shape index (κ3) is 2.04. The average Bonchev–Trinajstić information content (AvgIpc) is 3.16. The van der Waals surface area contributed by atoms with E-state index in [2.05, 4.69) is 34.2 Å². The number of hydrogen-bond acceptors (Lipinski definition) is 4. The number of benzene rings is 2. The fraction of sp³-hybridized carbons (Fsp3) is 0.250. The fourth-order valence-electron chi connectivity index (χ4n) is 2.50. The van der Waals surface area contributed by atoms with E-state index in [4.69, 9.17) is 0 Å². The topological polar surface area (TPSA) is 61.4 Å². The molecular weight excluding hydrogens is 276 g/mol. The van der Waals surface area contributed by atoms with Crippen molar-refractivity contribution in [1.29, 1.82) is 0 Å². The molecule has 2 heterocycles. The molecule has 6 nitrogen and oxygen atoms in total. The predicted molar refractivity (Wildman–Crippen MR) is 84.5 cm³/mol. The predicted octanol–water partition coefficient (Wildman–Crippen LogP) is 3.00. The summed E-state index contributed by atoms with van der Waals surface area (Å²) >= 11 is 0. The third-order valence-corrected chi connectivity index (χ3v) is 4.03. The Labute approximate surface area is 127 Å². The van der Waals surface area contributed by atoms with Gasteiger partial charge in [0.25, 0.3) is 0 Å². The first-order valence-electron chi connectivity index (χ1n) is 7.35. The van der Waals surface area contributed by atoms with Crippen LogP contribution in [0, 0.1) is 0 Å². The molecule has 0 aliphatic carbocycles. The Hall–Kier alpha value is -2.76. The van der Waals surface area contributed by atoms with Gasteiger partial charge in [0.1, 0.15) is 22.1 Å². The lowest BCUT2D eigenvalue weighted by molar-refractivity contribution is 0.281. The maximum absolute atomic E-state index is 4.55. The van der Waals surface area contributed by atoms with Crippen LogP contribution in [0.3, 0.4) is 0 Å². The number of rotatable bonds is 3. The van der Waals surface area contributed by atoms with E-state index in [0.29, 0.717) is 0 Å². The second kappa shape index (κ2) is 4.91. The Morgan fingerprint density at radius 1 is 0.591 bits per heavy atom. The fourth-order valence-corrected chi connectivity index (χ4v) is 2.50. The van der Waals surface area contributed by atoms with Gasteiger partial charge in [-0.2, -0.15) is 30.0 Å². The summed E-state index contributed by atoms with van der Waals surface area (Å²) in [5, 5.41) is 18.2. The van der Waals surface area contributed by atoms with Gasteiger partial charge in [-0.1, -0.05) is 24.3 Å². The molecule has 2 aromatic carbocycles. The quantitative estimate of drug-likeness (QED) is 0.582. The molecule has 0 bridgehead atoms. The van der Waals surface area contributed by atoms with Crippen LogP contribution in [0.25, 0.3) is 22.1 Å². The Morgan fingerprint density at radius 3 is 1.14 bits per heavy atom. The number of aromatic nitrogens is 6. The van der Waals surface area contributed by atoms with Gasteiger partial charge in [0.15, 0.2) is 0 Å². The lowest BCUT2D eigenvalue weighted by atomic mass is 10.2. The van der Waals surface area contributed by atoms with Crippen molar-refractivity contribution in [1.82, 2.24) is 30.0 Å². The van der Waals surface area contributed by atoms with Crippen LogP contribution in [-0.2, 0) is 0 Å². The van der Waals surface area contributed by atoms with Gasteiger partial charge in [-0.15, -0.1) is 0 Å². The van der Waals surface area contributed by atoms with Gasteiger partial charge >= 0.3 is 0 Å². The minimum absolute atomic E-state index is 0.0502. The minimum Gasteiger partial charge on any atom is -0.179 e. The summed E-state index contributed by atoms with van der Waals surface area (Å²) < 4.78 is 0. The van der Waals surface area contributed by atoms with Gasteiger partial charge in [-0.25, -0.2) is 0 Å². The highest BCUT2D eigenvalue weighted by molar-refractivity contribution is 5.73. The molecule has 0 amide bonds. The van der Waals surface area contributed by atoms with Crippen molar-refractivity contribution in [3.8, 4) is 0 Å². The smallest absolute Gasteiger partial charge is 0.113 e. The lowest BCUT2D eigenvalue weighted by Gasteiger charge is -2.17. The summed E-state index contributed by atoms with van der Waals surface area (Å²) in [6.07, 6.45) is 0. The molecule has 0 unspecified atom stereocenters. The van der Waals surface area contributed by atoms with E-state index in [-0.39, 0.29) is 12.1 Å². The summed E-state index contributed by atoms with van der Waals surface area (Å²) in [6.45, 7) is 4.16. The molecular formula is C16H16N6. The molecule has 2 atom stereocenters. The summed E-state index contributed by atoms with van der Waals surface area (Å²) in [6, 6.07) is 15.9. The van der Waals surface area contributed by atoms with Gasteiger partial charge in [-0.05, 0) is 38.1 Å². The van der Waals surface area contributed by atoms with Crippen molar-refractivity contribution < 1.29 is 0 Å². The van der Waals surface area contributed by atoms with E-state index < -0.39 is 0 Å². The standard InChI is InChI=1S/C16H16N6/c1-11(21-17-13-7-3-4-8-14(13)18-21)12(2)22-19-15-9-5-6-10-16(15)20-22/h3-12H,1-2H3/t11-,12+. The van der Waals surface area contributed by atoms with Crippen LogP contribution >= 0.6 is 0 Å². The van der Waals surface area contributed by atoms with Gasteiger partial charge in [0.2, 0.25) is 0 Å². The van der Waals surface area contributed by atoms with Gasteiger partial charge in [0, 0.05) is 0 Å². The first kappa shape index (κ1) is 12.9. The van der Waals surface area contributed by atoms with Gasteiger partial charge in [0.05, 0.1) is 12.1 Å². The SMILES string of the molecule is C[C@H]([C@H](C)n1nc2ccccc2n1)n1nc2ccccc2n1. The van der Waals surface area contributed by atoms with Crippen LogP contribution in [-0.4, -0.2) is 30.0 Å². The molecule has 0 radical (unpaired) electrons. The third-order valence-electron chi connectivity index (χ3n) is 4.03. The average molecular weight is 292 g/mol. The Balaban J connectivity index is 1.70. The monoisotopic (exact) mass is 292 g/mol. The molecule has 6 heteroatoms. The van der Waals surface area contributed by atoms with Crippen LogP contribution in [0.15, 0.2) is 48.5 Å². The molecule has 110 valence electrons. The number of hydrogen-bond donors (Lipinski definition) is 0. The number of nitrogens with zero attached hydrogens (tertiary/aromatic N) is 6. The van der Waals surface area contributed by atoms with E-state index >= 15 is 0 Å². The van der Waals surface area contributed by atoms with Crippen LogP contribution < -0.4 is 0 Å². The lowest BCUT2D eigenvalue weighted by Crippen LogP contribution is -2.22. The van der Waals surface area contributed by atoms with Gasteiger partial charge < -0.3 is 0 Å². The van der Waals surface area contributed by atoms with E-state index in [1.807, 2.05) is 48.5 Å². The summed E-state index contributed by atoms with van der Waals surface area (Å²) in [4.78, 5) is 3.51. The first-order valence-corrected chi connectivity index (χ1v) is 7.35. The highest BCUT2D eigenvalue weighted by Crippen LogP contribution is 2.22. The molecule has 0 saturated carbocycles. The normalized spacial score (nSPS) is 14.5. The second-order valence-electron chi connectivity index (χ2n) is 5.50. The molecule has 0 fully saturated rings. The van der Waals surface area contributed by atoms with Crippen LogP contribution in [0.5, 0.6) is 0 Å². The van der Waals surface area contributed by atoms with E-state index in [1.54, 1.807) is 9.59 Å². The van der Waals surface area contributed by atoms with Crippen molar-refractivity contribution >= 4 is 22.1 Å². The Morgan fingerprint density at radius 2 is 0.864 bits per heavy atom. The van der Waals surface area contributed by atoms with E-state index in [1.165, 1.54) is 0 Å². The molecule has 0 saturated heterocycles. The minimum atomic E-state index is 0.0502. The molecule has 0 aliphatic rings. The Kier molecular flexibility index (Phi) is 2.89. The zero-order valence-electron chi connectivity index (χ0n) is 12.5. The zero-order chi connectivity index (χ0) is 15.1. The maximum Gasteiger partial charge on any atom is 0.113 e. The van der Waals surface area contributed by atoms with Crippen LogP contribution in [0.4, 0.5) is 0 Å².